The van der Waals surface area contributed by atoms with E-state index in [9.17, 15) is 18.8 Å². The van der Waals surface area contributed by atoms with Gasteiger partial charge in [0, 0.05) is 5.02 Å². The van der Waals surface area contributed by atoms with Crippen LogP contribution in [0.5, 0.6) is 0 Å². The van der Waals surface area contributed by atoms with E-state index in [1.807, 2.05) is 0 Å². The van der Waals surface area contributed by atoms with E-state index in [4.69, 9.17) is 16.0 Å². The second-order valence-electron chi connectivity index (χ2n) is 6.03. The first-order valence-electron chi connectivity index (χ1n) is 7.66. The van der Waals surface area contributed by atoms with Gasteiger partial charge in [0.2, 0.25) is 5.91 Å². The molecule has 1 aromatic carbocycles. The Morgan fingerprint density at radius 3 is 2.73 bits per heavy atom. The third-order valence-electron chi connectivity index (χ3n) is 4.01. The van der Waals surface area contributed by atoms with Crippen molar-refractivity contribution in [2.24, 2.45) is 0 Å². The summed E-state index contributed by atoms with van der Waals surface area (Å²) in [5.74, 6) is -1.23. The molecule has 0 spiro atoms. The topological polar surface area (TPSA) is 91.7 Å². The van der Waals surface area contributed by atoms with E-state index >= 15 is 0 Å². The Kier molecular flexibility index (Phi) is 4.45. The van der Waals surface area contributed by atoms with Gasteiger partial charge in [0.15, 0.2) is 5.54 Å². The molecule has 2 N–H and O–H groups in total. The van der Waals surface area contributed by atoms with Crippen LogP contribution in [-0.2, 0) is 15.1 Å². The monoisotopic (exact) mass is 379 g/mol. The number of nitrogens with zero attached hydrogens (tertiary/aromatic N) is 1. The van der Waals surface area contributed by atoms with Crippen molar-refractivity contribution in [3.05, 3.63) is 52.7 Å². The number of hydrogen-bond acceptors (Lipinski definition) is 4. The molecular formula is C17H15ClFN3O4. The number of benzene rings is 1. The van der Waals surface area contributed by atoms with Gasteiger partial charge in [0.1, 0.15) is 23.9 Å². The molecule has 1 atom stereocenters. The summed E-state index contributed by atoms with van der Waals surface area (Å²) in [6.45, 7) is 2.62. The molecule has 7 nitrogen and oxygen atoms in total. The molecule has 26 heavy (non-hydrogen) atoms. The fourth-order valence-electron chi connectivity index (χ4n) is 2.64. The lowest BCUT2D eigenvalue weighted by Gasteiger charge is -2.19. The number of imide groups is 1. The Bertz CT molecular complexity index is 913. The normalized spacial score (nSPS) is 19.6. The van der Waals surface area contributed by atoms with Crippen molar-refractivity contribution in [1.29, 1.82) is 0 Å². The summed E-state index contributed by atoms with van der Waals surface area (Å²) in [6.07, 6.45) is 0. The number of amides is 4. The molecule has 2 aromatic rings. The highest BCUT2D eigenvalue weighted by Crippen LogP contribution is 2.30. The predicted octanol–water partition coefficient (Wildman–Crippen LogP) is 2.79. The van der Waals surface area contributed by atoms with Gasteiger partial charge in [-0.05, 0) is 44.2 Å². The fraction of sp³-hybridized carbons (Fsp3) is 0.235. The Labute approximate surface area is 153 Å². The van der Waals surface area contributed by atoms with Crippen LogP contribution in [0.3, 0.4) is 0 Å². The predicted molar refractivity (Wildman–Crippen MR) is 91.1 cm³/mol. The molecule has 0 aliphatic carbocycles. The SMILES string of the molecule is Cc1ccc([C@]2(C)NC(=O)N(CC(=O)Nc3cc(Cl)ccc3F)C2=O)o1. The van der Waals surface area contributed by atoms with Crippen molar-refractivity contribution >= 4 is 35.1 Å². The number of urea groups is 1. The molecule has 2 heterocycles. The highest BCUT2D eigenvalue weighted by molar-refractivity contribution is 6.30. The number of halogens is 2. The van der Waals surface area contributed by atoms with E-state index in [2.05, 4.69) is 10.6 Å². The van der Waals surface area contributed by atoms with Crippen LogP contribution in [0.2, 0.25) is 5.02 Å². The summed E-state index contributed by atoms with van der Waals surface area (Å²) >= 11 is 5.77. The summed E-state index contributed by atoms with van der Waals surface area (Å²) in [5.41, 5.74) is -1.55. The lowest BCUT2D eigenvalue weighted by Crippen LogP contribution is -2.42. The molecule has 0 saturated carbocycles. The van der Waals surface area contributed by atoms with Gasteiger partial charge in [-0.1, -0.05) is 11.6 Å². The van der Waals surface area contributed by atoms with Gasteiger partial charge < -0.3 is 15.1 Å². The zero-order valence-corrected chi connectivity index (χ0v) is 14.7. The first kappa shape index (κ1) is 17.9. The van der Waals surface area contributed by atoms with Gasteiger partial charge in [-0.2, -0.15) is 0 Å². The Morgan fingerprint density at radius 1 is 1.35 bits per heavy atom. The number of nitrogens with one attached hydrogen (secondary N) is 2. The standard InChI is InChI=1S/C17H15ClFN3O4/c1-9-3-6-13(26-9)17(2)15(24)22(16(25)21-17)8-14(23)20-12-7-10(18)4-5-11(12)19/h3-7H,8H2,1-2H3,(H,20,23)(H,21,25)/t17-/m0/s1. The fourth-order valence-corrected chi connectivity index (χ4v) is 2.81. The average Bonchev–Trinajstić information content (AvgIpc) is 3.09. The van der Waals surface area contributed by atoms with Gasteiger partial charge in [-0.3, -0.25) is 14.5 Å². The van der Waals surface area contributed by atoms with E-state index in [0.717, 1.165) is 11.0 Å². The third kappa shape index (κ3) is 3.15. The van der Waals surface area contributed by atoms with E-state index in [0.29, 0.717) is 5.76 Å². The first-order valence-corrected chi connectivity index (χ1v) is 8.04. The number of aryl methyl sites for hydroxylation is 1. The zero-order valence-electron chi connectivity index (χ0n) is 13.9. The van der Waals surface area contributed by atoms with Crippen LogP contribution in [0.25, 0.3) is 0 Å². The molecule has 0 radical (unpaired) electrons. The summed E-state index contributed by atoms with van der Waals surface area (Å²) in [5, 5.41) is 5.05. The van der Waals surface area contributed by atoms with Crippen molar-refractivity contribution in [3.8, 4) is 0 Å². The smallest absolute Gasteiger partial charge is 0.325 e. The van der Waals surface area contributed by atoms with E-state index in [-0.39, 0.29) is 16.5 Å². The van der Waals surface area contributed by atoms with Crippen molar-refractivity contribution in [3.63, 3.8) is 0 Å². The van der Waals surface area contributed by atoms with E-state index in [1.165, 1.54) is 19.1 Å². The minimum atomic E-state index is -1.41. The van der Waals surface area contributed by atoms with Crippen LogP contribution in [-0.4, -0.2) is 29.3 Å². The summed E-state index contributed by atoms with van der Waals surface area (Å²) in [4.78, 5) is 37.7. The number of carbonyl (C=O) groups is 3. The van der Waals surface area contributed by atoms with Crippen LogP contribution < -0.4 is 10.6 Å². The number of rotatable bonds is 4. The molecule has 1 aliphatic heterocycles. The van der Waals surface area contributed by atoms with Crippen LogP contribution in [0.4, 0.5) is 14.9 Å². The van der Waals surface area contributed by atoms with E-state index in [1.54, 1.807) is 19.1 Å². The number of hydrogen-bond donors (Lipinski definition) is 2. The molecule has 1 fully saturated rings. The maximum Gasteiger partial charge on any atom is 0.325 e. The van der Waals surface area contributed by atoms with E-state index < -0.39 is 35.7 Å². The molecule has 3 rings (SSSR count). The zero-order chi connectivity index (χ0) is 19.1. The molecule has 9 heteroatoms. The van der Waals surface area contributed by atoms with Gasteiger partial charge in [-0.15, -0.1) is 0 Å². The lowest BCUT2D eigenvalue weighted by atomic mass is 9.99. The van der Waals surface area contributed by atoms with Crippen molar-refractivity contribution in [2.75, 3.05) is 11.9 Å². The number of carbonyl (C=O) groups excluding carboxylic acids is 3. The minimum Gasteiger partial charge on any atom is -0.463 e. The maximum absolute atomic E-state index is 13.7. The van der Waals surface area contributed by atoms with Crippen LogP contribution in [0, 0.1) is 12.7 Å². The third-order valence-corrected chi connectivity index (χ3v) is 4.25. The number of furan rings is 1. The largest absolute Gasteiger partial charge is 0.463 e. The van der Waals surface area contributed by atoms with Crippen LogP contribution in [0.1, 0.15) is 18.4 Å². The van der Waals surface area contributed by atoms with Crippen LogP contribution >= 0.6 is 11.6 Å². The second-order valence-corrected chi connectivity index (χ2v) is 6.47. The molecule has 1 aromatic heterocycles. The summed E-state index contributed by atoms with van der Waals surface area (Å²) in [7, 11) is 0. The average molecular weight is 380 g/mol. The van der Waals surface area contributed by atoms with Gasteiger partial charge in [0.25, 0.3) is 5.91 Å². The highest BCUT2D eigenvalue weighted by atomic mass is 35.5. The summed E-state index contributed by atoms with van der Waals surface area (Å²) < 4.78 is 19.1. The molecule has 136 valence electrons. The van der Waals surface area contributed by atoms with Gasteiger partial charge >= 0.3 is 6.03 Å². The Balaban J connectivity index is 1.75. The molecule has 1 aliphatic rings. The molecular weight excluding hydrogens is 365 g/mol. The van der Waals surface area contributed by atoms with Crippen molar-refractivity contribution in [2.45, 2.75) is 19.4 Å². The van der Waals surface area contributed by atoms with Gasteiger partial charge in [-0.25, -0.2) is 9.18 Å². The quantitative estimate of drug-likeness (QED) is 0.799. The second kappa shape index (κ2) is 6.45. The first-order chi connectivity index (χ1) is 12.2. The highest BCUT2D eigenvalue weighted by Gasteiger charge is 2.51. The molecule has 0 unspecified atom stereocenters. The molecule has 4 amide bonds. The maximum atomic E-state index is 13.7. The Morgan fingerprint density at radius 2 is 2.08 bits per heavy atom. The lowest BCUT2D eigenvalue weighted by molar-refractivity contribution is -0.134. The molecule has 1 saturated heterocycles. The number of anilines is 1. The Hall–Kier alpha value is -2.87. The van der Waals surface area contributed by atoms with Crippen LogP contribution in [0.15, 0.2) is 34.7 Å². The van der Waals surface area contributed by atoms with Crippen molar-refractivity contribution < 1.29 is 23.2 Å². The van der Waals surface area contributed by atoms with Gasteiger partial charge in [0.05, 0.1) is 5.69 Å². The van der Waals surface area contributed by atoms with Crippen molar-refractivity contribution in [1.82, 2.24) is 10.2 Å². The molecule has 0 bridgehead atoms. The minimum absolute atomic E-state index is 0.140. The summed E-state index contributed by atoms with van der Waals surface area (Å²) in [6, 6.07) is 6.17.